The van der Waals surface area contributed by atoms with E-state index in [0.29, 0.717) is 5.69 Å². The molecule has 0 radical (unpaired) electrons. The van der Waals surface area contributed by atoms with Crippen molar-refractivity contribution >= 4 is 23.3 Å². The molecule has 11 heteroatoms. The number of hydrogen-bond donors (Lipinski definition) is 2. The van der Waals surface area contributed by atoms with E-state index in [1.165, 1.54) is 23.5 Å². The van der Waals surface area contributed by atoms with Gasteiger partial charge in [-0.3, -0.25) is 0 Å². The molecule has 0 atom stereocenters. The van der Waals surface area contributed by atoms with Crippen LogP contribution in [-0.2, 0) is 9.59 Å². The Morgan fingerprint density at radius 2 is 1.71 bits per heavy atom. The van der Waals surface area contributed by atoms with Crippen LogP contribution in [0.3, 0.4) is 0 Å². The molecule has 130 valence electrons. The number of halogens is 4. The number of carboxylic acids is 2. The highest BCUT2D eigenvalue weighted by atomic mass is 32.1. The second-order valence-corrected chi connectivity index (χ2v) is 4.81. The maximum absolute atomic E-state index is 12.7. The van der Waals surface area contributed by atoms with Crippen LogP contribution in [0.15, 0.2) is 29.6 Å². The fourth-order valence-corrected chi connectivity index (χ4v) is 1.88. The molecule has 6 nitrogen and oxygen atoms in total. The first-order valence-electron chi connectivity index (χ1n) is 5.95. The monoisotopic (exact) mass is 367 g/mol. The van der Waals surface area contributed by atoms with Crippen LogP contribution in [0.2, 0.25) is 0 Å². The number of carbonyl (C=O) groups is 2. The van der Waals surface area contributed by atoms with Crippen molar-refractivity contribution in [3.05, 3.63) is 35.5 Å². The van der Waals surface area contributed by atoms with Crippen molar-refractivity contribution < 1.29 is 42.1 Å². The normalized spacial score (nSPS) is 10.5. The fraction of sp³-hybridized carbons (Fsp3) is 0.154. The van der Waals surface area contributed by atoms with Gasteiger partial charge in [0, 0.05) is 10.9 Å². The second-order valence-electron chi connectivity index (χ2n) is 3.99. The summed E-state index contributed by atoms with van der Waals surface area (Å²) in [5, 5.41) is 17.6. The molecular weight excluding hydrogens is 358 g/mol. The van der Waals surface area contributed by atoms with Gasteiger partial charge in [0.2, 0.25) is 0 Å². The molecule has 1 aromatic carbocycles. The van der Waals surface area contributed by atoms with Crippen LogP contribution in [0.25, 0.3) is 11.3 Å². The van der Waals surface area contributed by atoms with Gasteiger partial charge in [0.1, 0.15) is 5.82 Å². The molecule has 0 aliphatic carbocycles. The zero-order valence-electron chi connectivity index (χ0n) is 11.6. The molecular formula is C13H9F4NO5S. The standard InChI is InChI=1S/C11H8FNO3S.C2HF3O2/c12-8-3-1-7(2-4-8)9-6-17-11(13-9)16-5-10(14)15;3-2(4,5)1(6)7/h1-4,6H,5H2,(H,14,15);(H,6,7). The average molecular weight is 367 g/mol. The summed E-state index contributed by atoms with van der Waals surface area (Å²) < 4.78 is 49.4. The van der Waals surface area contributed by atoms with Crippen LogP contribution in [0, 0.1) is 5.82 Å². The summed E-state index contributed by atoms with van der Waals surface area (Å²) in [7, 11) is 0. The lowest BCUT2D eigenvalue weighted by Crippen LogP contribution is -2.21. The minimum absolute atomic E-state index is 0.284. The highest BCUT2D eigenvalue weighted by Crippen LogP contribution is 2.26. The number of benzene rings is 1. The van der Waals surface area contributed by atoms with Crippen molar-refractivity contribution in [1.82, 2.24) is 4.98 Å². The van der Waals surface area contributed by atoms with E-state index >= 15 is 0 Å². The van der Waals surface area contributed by atoms with Crippen molar-refractivity contribution in [3.63, 3.8) is 0 Å². The smallest absolute Gasteiger partial charge is 0.479 e. The molecule has 0 aliphatic rings. The third-order valence-corrected chi connectivity index (χ3v) is 2.94. The predicted octanol–water partition coefficient (Wildman–Crippen LogP) is 3.05. The molecule has 1 aromatic heterocycles. The topological polar surface area (TPSA) is 96.7 Å². The van der Waals surface area contributed by atoms with Crippen LogP contribution in [0.5, 0.6) is 5.19 Å². The van der Waals surface area contributed by atoms with Crippen LogP contribution >= 0.6 is 11.3 Å². The molecule has 0 saturated heterocycles. The summed E-state index contributed by atoms with van der Waals surface area (Å²) in [5.41, 5.74) is 1.39. The van der Waals surface area contributed by atoms with Gasteiger partial charge in [0.25, 0.3) is 5.19 Å². The number of carboxylic acid groups (broad SMARTS) is 2. The van der Waals surface area contributed by atoms with E-state index in [1.807, 2.05) is 0 Å². The Morgan fingerprint density at radius 3 is 2.17 bits per heavy atom. The minimum atomic E-state index is -5.08. The number of aromatic nitrogens is 1. The highest BCUT2D eigenvalue weighted by molar-refractivity contribution is 7.11. The van der Waals surface area contributed by atoms with Crippen LogP contribution in [-0.4, -0.2) is 39.9 Å². The number of rotatable bonds is 4. The van der Waals surface area contributed by atoms with Gasteiger partial charge in [-0.05, 0) is 24.3 Å². The summed E-state index contributed by atoms with van der Waals surface area (Å²) in [4.78, 5) is 23.3. The van der Waals surface area contributed by atoms with Gasteiger partial charge < -0.3 is 14.9 Å². The van der Waals surface area contributed by atoms with Gasteiger partial charge in [-0.15, -0.1) is 0 Å². The molecule has 0 aliphatic heterocycles. The molecule has 24 heavy (non-hydrogen) atoms. The summed E-state index contributed by atoms with van der Waals surface area (Å²) >= 11 is 1.20. The van der Waals surface area contributed by atoms with Gasteiger partial charge in [0.15, 0.2) is 6.61 Å². The lowest BCUT2D eigenvalue weighted by Gasteiger charge is -1.97. The first kappa shape index (κ1) is 19.4. The first-order chi connectivity index (χ1) is 11.1. The summed E-state index contributed by atoms with van der Waals surface area (Å²) in [6.45, 7) is -0.420. The SMILES string of the molecule is O=C(O)C(F)(F)F.O=C(O)COc1nc(-c2ccc(F)cc2)cs1. The Balaban J connectivity index is 0.000000351. The molecule has 0 fully saturated rings. The van der Waals surface area contributed by atoms with Crippen molar-refractivity contribution in [1.29, 1.82) is 0 Å². The number of hydrogen-bond acceptors (Lipinski definition) is 5. The molecule has 2 rings (SSSR count). The summed E-state index contributed by atoms with van der Waals surface area (Å²) in [6.07, 6.45) is -5.08. The van der Waals surface area contributed by atoms with E-state index in [2.05, 4.69) is 4.98 Å². The van der Waals surface area contributed by atoms with Gasteiger partial charge in [-0.1, -0.05) is 11.3 Å². The van der Waals surface area contributed by atoms with E-state index in [1.54, 1.807) is 17.5 Å². The summed E-state index contributed by atoms with van der Waals surface area (Å²) in [5.74, 6) is -4.12. The Labute approximate surface area is 136 Å². The van der Waals surface area contributed by atoms with Crippen molar-refractivity contribution in [3.8, 4) is 16.5 Å². The molecule has 0 bridgehead atoms. The van der Waals surface area contributed by atoms with Crippen molar-refractivity contribution in [2.75, 3.05) is 6.61 Å². The third-order valence-electron chi connectivity index (χ3n) is 2.18. The Morgan fingerprint density at radius 1 is 1.17 bits per heavy atom. The molecule has 0 amide bonds. The molecule has 0 saturated carbocycles. The third kappa shape index (κ3) is 6.60. The van der Waals surface area contributed by atoms with Gasteiger partial charge in [0.05, 0.1) is 5.69 Å². The van der Waals surface area contributed by atoms with Gasteiger partial charge >= 0.3 is 18.1 Å². The quantitative estimate of drug-likeness (QED) is 0.807. The van der Waals surface area contributed by atoms with Crippen LogP contribution in [0.4, 0.5) is 17.6 Å². The molecule has 0 spiro atoms. The van der Waals surface area contributed by atoms with E-state index in [-0.39, 0.29) is 11.0 Å². The zero-order chi connectivity index (χ0) is 18.3. The van der Waals surface area contributed by atoms with Crippen LogP contribution < -0.4 is 4.74 Å². The van der Waals surface area contributed by atoms with Crippen LogP contribution in [0.1, 0.15) is 0 Å². The Hall–Kier alpha value is -2.69. The number of alkyl halides is 3. The van der Waals surface area contributed by atoms with Crippen molar-refractivity contribution in [2.45, 2.75) is 6.18 Å². The van der Waals surface area contributed by atoms with E-state index in [4.69, 9.17) is 19.7 Å². The zero-order valence-corrected chi connectivity index (χ0v) is 12.4. The largest absolute Gasteiger partial charge is 0.490 e. The number of thiazole rings is 1. The highest BCUT2D eigenvalue weighted by Gasteiger charge is 2.38. The van der Waals surface area contributed by atoms with Gasteiger partial charge in [-0.2, -0.15) is 13.2 Å². The Bertz CT molecular complexity index is 699. The fourth-order valence-electron chi connectivity index (χ4n) is 1.20. The Kier molecular flexibility index (Phi) is 6.65. The number of nitrogens with zero attached hydrogens (tertiary/aromatic N) is 1. The predicted molar refractivity (Wildman–Crippen MR) is 74.3 cm³/mol. The molecule has 1 heterocycles. The van der Waals surface area contributed by atoms with E-state index in [9.17, 15) is 22.4 Å². The molecule has 2 N–H and O–H groups in total. The average Bonchev–Trinajstić information content (AvgIpc) is 2.94. The second kappa shape index (κ2) is 8.24. The lowest BCUT2D eigenvalue weighted by molar-refractivity contribution is -0.192. The summed E-state index contributed by atoms with van der Waals surface area (Å²) in [6, 6.07) is 5.88. The maximum atomic E-state index is 12.7. The molecule has 2 aromatic rings. The van der Waals surface area contributed by atoms with E-state index < -0.39 is 24.7 Å². The first-order valence-corrected chi connectivity index (χ1v) is 6.83. The minimum Gasteiger partial charge on any atom is -0.479 e. The maximum Gasteiger partial charge on any atom is 0.490 e. The lowest BCUT2D eigenvalue weighted by atomic mass is 10.2. The number of aliphatic carboxylic acids is 2. The number of ether oxygens (including phenoxy) is 1. The molecule has 0 unspecified atom stereocenters. The van der Waals surface area contributed by atoms with Gasteiger partial charge in [-0.25, -0.2) is 19.0 Å². The van der Waals surface area contributed by atoms with Crippen molar-refractivity contribution in [2.24, 2.45) is 0 Å². The van der Waals surface area contributed by atoms with E-state index in [0.717, 1.165) is 5.56 Å².